The molecule has 3 nitrogen and oxygen atoms in total. The Bertz CT molecular complexity index is 673. The Labute approximate surface area is 136 Å². The largest absolute Gasteiger partial charge is 0.497 e. The highest BCUT2D eigenvalue weighted by Gasteiger charge is 2.49. The van der Waals surface area contributed by atoms with Crippen LogP contribution >= 0.6 is 11.6 Å². The van der Waals surface area contributed by atoms with Crippen molar-refractivity contribution in [3.05, 3.63) is 42.0 Å². The quantitative estimate of drug-likeness (QED) is 0.782. The highest BCUT2D eigenvalue weighted by atomic mass is 35.5. The number of fused-ring (bicyclic) bond motifs is 1. The summed E-state index contributed by atoms with van der Waals surface area (Å²) >= 11 is 6.43. The number of methoxy groups -OCH3 is 1. The molecule has 118 valence electrons. The van der Waals surface area contributed by atoms with Crippen LogP contribution in [0.2, 0.25) is 0 Å². The molecule has 0 aliphatic carbocycles. The molecule has 22 heavy (non-hydrogen) atoms. The van der Waals surface area contributed by atoms with Crippen LogP contribution in [0, 0.1) is 0 Å². The molecule has 3 atom stereocenters. The zero-order chi connectivity index (χ0) is 15.9. The van der Waals surface area contributed by atoms with E-state index in [2.05, 4.69) is 12.1 Å². The van der Waals surface area contributed by atoms with E-state index in [1.807, 2.05) is 45.0 Å². The summed E-state index contributed by atoms with van der Waals surface area (Å²) in [7, 11) is 1.67. The van der Waals surface area contributed by atoms with Crippen LogP contribution < -0.4 is 4.74 Å². The molecule has 2 aromatic carbocycles. The van der Waals surface area contributed by atoms with Gasteiger partial charge in [0.25, 0.3) is 0 Å². The van der Waals surface area contributed by atoms with Crippen molar-refractivity contribution in [2.75, 3.05) is 7.11 Å². The number of ether oxygens (including phenoxy) is 3. The van der Waals surface area contributed by atoms with Gasteiger partial charge in [-0.3, -0.25) is 0 Å². The third kappa shape index (κ3) is 2.47. The van der Waals surface area contributed by atoms with E-state index >= 15 is 0 Å². The normalized spacial score (nSPS) is 29.7. The molecule has 1 saturated heterocycles. The predicted molar refractivity (Wildman–Crippen MR) is 88.6 cm³/mol. The maximum absolute atomic E-state index is 6.43. The van der Waals surface area contributed by atoms with Crippen LogP contribution in [0.1, 0.15) is 26.3 Å². The van der Waals surface area contributed by atoms with Crippen molar-refractivity contribution in [2.24, 2.45) is 0 Å². The minimum absolute atomic E-state index is 0.00719. The van der Waals surface area contributed by atoms with E-state index in [9.17, 15) is 0 Å². The summed E-state index contributed by atoms with van der Waals surface area (Å²) in [5, 5.41) is 1.92. The molecule has 0 radical (unpaired) electrons. The second kappa shape index (κ2) is 5.73. The summed E-state index contributed by atoms with van der Waals surface area (Å²) in [6, 6.07) is 12.1. The highest BCUT2D eigenvalue weighted by Crippen LogP contribution is 2.43. The minimum Gasteiger partial charge on any atom is -0.497 e. The number of rotatable bonds is 3. The lowest BCUT2D eigenvalue weighted by molar-refractivity contribution is -0.180. The molecule has 1 fully saturated rings. The second-order valence-electron chi connectivity index (χ2n) is 5.86. The van der Waals surface area contributed by atoms with Crippen molar-refractivity contribution in [3.8, 4) is 5.75 Å². The van der Waals surface area contributed by atoms with Gasteiger partial charge in [0.05, 0.1) is 24.7 Å². The Morgan fingerprint density at radius 2 is 1.64 bits per heavy atom. The first-order valence-corrected chi connectivity index (χ1v) is 7.98. The van der Waals surface area contributed by atoms with Crippen molar-refractivity contribution in [2.45, 2.75) is 44.1 Å². The van der Waals surface area contributed by atoms with Gasteiger partial charge in [-0.05, 0) is 49.7 Å². The molecule has 0 aromatic heterocycles. The van der Waals surface area contributed by atoms with Gasteiger partial charge in [0.1, 0.15) is 5.75 Å². The predicted octanol–water partition coefficient (Wildman–Crippen LogP) is 4.45. The molecule has 1 aliphatic heterocycles. The summed E-state index contributed by atoms with van der Waals surface area (Å²) in [6.07, 6.45) is 0.0144. The first-order chi connectivity index (χ1) is 10.5. The van der Waals surface area contributed by atoms with E-state index in [-0.39, 0.29) is 17.6 Å². The van der Waals surface area contributed by atoms with Crippen LogP contribution in [-0.2, 0) is 15.3 Å². The fraction of sp³-hybridized carbons (Fsp3) is 0.444. The molecule has 0 amide bonds. The number of hydrogen-bond acceptors (Lipinski definition) is 3. The van der Waals surface area contributed by atoms with Crippen molar-refractivity contribution >= 4 is 22.4 Å². The van der Waals surface area contributed by atoms with Crippen LogP contribution in [0.25, 0.3) is 10.8 Å². The van der Waals surface area contributed by atoms with E-state index in [4.69, 9.17) is 25.8 Å². The van der Waals surface area contributed by atoms with Crippen LogP contribution in [0.5, 0.6) is 5.75 Å². The van der Waals surface area contributed by atoms with E-state index in [0.717, 1.165) is 22.1 Å². The average molecular weight is 321 g/mol. The van der Waals surface area contributed by atoms with E-state index in [0.29, 0.717) is 0 Å². The lowest BCUT2D eigenvalue weighted by Crippen LogP contribution is -2.36. The Kier molecular flexibility index (Phi) is 4.06. The maximum Gasteiger partial charge on any atom is 0.212 e. The van der Waals surface area contributed by atoms with Crippen molar-refractivity contribution in [3.63, 3.8) is 0 Å². The Morgan fingerprint density at radius 3 is 2.23 bits per heavy atom. The SMILES string of the molecule is COc1ccc2cc(C3(C(C)Cl)OC(C)C(C)O3)ccc2c1. The van der Waals surface area contributed by atoms with Gasteiger partial charge in [-0.25, -0.2) is 0 Å². The fourth-order valence-corrected chi connectivity index (χ4v) is 3.12. The Hall–Kier alpha value is -1.29. The molecular weight excluding hydrogens is 300 g/mol. The third-order valence-corrected chi connectivity index (χ3v) is 4.64. The third-order valence-electron chi connectivity index (χ3n) is 4.36. The summed E-state index contributed by atoms with van der Waals surface area (Å²) in [5.74, 6) is -0.0506. The van der Waals surface area contributed by atoms with E-state index in [1.165, 1.54) is 0 Å². The van der Waals surface area contributed by atoms with Crippen molar-refractivity contribution in [1.29, 1.82) is 0 Å². The Balaban J connectivity index is 2.08. The molecular formula is C18H21ClO3. The zero-order valence-corrected chi connectivity index (χ0v) is 14.1. The highest BCUT2D eigenvalue weighted by molar-refractivity contribution is 6.21. The Morgan fingerprint density at radius 1 is 1.05 bits per heavy atom. The van der Waals surface area contributed by atoms with Gasteiger partial charge in [0.2, 0.25) is 5.79 Å². The van der Waals surface area contributed by atoms with Crippen molar-refractivity contribution < 1.29 is 14.2 Å². The van der Waals surface area contributed by atoms with Gasteiger partial charge in [0.15, 0.2) is 0 Å². The molecule has 0 saturated carbocycles. The number of halogens is 1. The van der Waals surface area contributed by atoms with Gasteiger partial charge >= 0.3 is 0 Å². The van der Waals surface area contributed by atoms with Gasteiger partial charge in [0, 0.05) is 5.56 Å². The van der Waals surface area contributed by atoms with E-state index < -0.39 is 5.79 Å². The molecule has 1 aliphatic rings. The lowest BCUT2D eigenvalue weighted by atomic mass is 9.98. The summed E-state index contributed by atoms with van der Waals surface area (Å²) < 4.78 is 17.5. The molecule has 2 aromatic rings. The van der Waals surface area contributed by atoms with Crippen LogP contribution in [0.4, 0.5) is 0 Å². The van der Waals surface area contributed by atoms with Crippen molar-refractivity contribution in [1.82, 2.24) is 0 Å². The topological polar surface area (TPSA) is 27.7 Å². The van der Waals surface area contributed by atoms with Gasteiger partial charge in [-0.1, -0.05) is 18.2 Å². The molecule has 3 unspecified atom stereocenters. The first-order valence-electron chi connectivity index (χ1n) is 7.54. The van der Waals surface area contributed by atoms with Crippen LogP contribution in [-0.4, -0.2) is 24.7 Å². The van der Waals surface area contributed by atoms with Gasteiger partial charge < -0.3 is 14.2 Å². The fourth-order valence-electron chi connectivity index (χ4n) is 2.89. The van der Waals surface area contributed by atoms with E-state index in [1.54, 1.807) is 7.11 Å². The lowest BCUT2D eigenvalue weighted by Gasteiger charge is -2.31. The second-order valence-corrected chi connectivity index (χ2v) is 6.51. The van der Waals surface area contributed by atoms with Gasteiger partial charge in [-0.15, -0.1) is 11.6 Å². The minimum atomic E-state index is -0.894. The first kappa shape index (κ1) is 15.6. The molecule has 3 rings (SSSR count). The maximum atomic E-state index is 6.43. The molecule has 1 heterocycles. The number of alkyl halides is 1. The van der Waals surface area contributed by atoms with Crippen LogP contribution in [0.15, 0.2) is 36.4 Å². The molecule has 0 bridgehead atoms. The average Bonchev–Trinajstić information content (AvgIpc) is 2.83. The zero-order valence-electron chi connectivity index (χ0n) is 13.3. The number of hydrogen-bond donors (Lipinski definition) is 0. The standard InChI is InChI=1S/C18H21ClO3/c1-11-12(2)22-18(21-11,13(3)19)16-7-5-15-10-17(20-4)8-6-14(15)9-16/h5-13H,1-4H3. The summed E-state index contributed by atoms with van der Waals surface area (Å²) in [5.41, 5.74) is 0.948. The monoisotopic (exact) mass is 320 g/mol. The molecule has 0 spiro atoms. The number of benzene rings is 2. The van der Waals surface area contributed by atoms with Gasteiger partial charge in [-0.2, -0.15) is 0 Å². The molecule has 4 heteroatoms. The smallest absolute Gasteiger partial charge is 0.212 e. The van der Waals surface area contributed by atoms with Crippen LogP contribution in [0.3, 0.4) is 0 Å². The summed E-state index contributed by atoms with van der Waals surface area (Å²) in [6.45, 7) is 5.93. The summed E-state index contributed by atoms with van der Waals surface area (Å²) in [4.78, 5) is 0. The molecule has 0 N–H and O–H groups in total.